The van der Waals surface area contributed by atoms with Crippen LogP contribution in [0, 0.1) is 10.1 Å². The second-order valence-corrected chi connectivity index (χ2v) is 5.74. The number of hydrogen-bond donors (Lipinski definition) is 1. The summed E-state index contributed by atoms with van der Waals surface area (Å²) in [4.78, 5) is 13.0. The Labute approximate surface area is 130 Å². The van der Waals surface area contributed by atoms with Crippen molar-refractivity contribution >= 4 is 11.4 Å². The van der Waals surface area contributed by atoms with E-state index in [-0.39, 0.29) is 10.6 Å². The first-order chi connectivity index (χ1) is 10.7. The molecule has 2 heterocycles. The summed E-state index contributed by atoms with van der Waals surface area (Å²) in [6, 6.07) is 6.69. The van der Waals surface area contributed by atoms with Crippen molar-refractivity contribution in [2.24, 2.45) is 0 Å². The SMILES string of the molecule is O=[N+]([O-])c1cccc(NN2CCCCC2N2CCOCC2)c1. The van der Waals surface area contributed by atoms with Crippen LogP contribution < -0.4 is 5.43 Å². The molecule has 0 aliphatic carbocycles. The summed E-state index contributed by atoms with van der Waals surface area (Å²) in [5.41, 5.74) is 4.26. The largest absolute Gasteiger partial charge is 0.379 e. The van der Waals surface area contributed by atoms with Crippen LogP contribution in [0.25, 0.3) is 0 Å². The third-order valence-electron chi connectivity index (χ3n) is 4.27. The molecule has 1 atom stereocenters. The first-order valence-electron chi connectivity index (χ1n) is 7.83. The van der Waals surface area contributed by atoms with Crippen LogP contribution in [0.4, 0.5) is 11.4 Å². The van der Waals surface area contributed by atoms with E-state index < -0.39 is 0 Å². The average Bonchev–Trinajstić information content (AvgIpc) is 2.56. The predicted octanol–water partition coefficient (Wildman–Crippen LogP) is 2.07. The van der Waals surface area contributed by atoms with Gasteiger partial charge in [0.15, 0.2) is 0 Å². The van der Waals surface area contributed by atoms with Crippen molar-refractivity contribution in [1.29, 1.82) is 0 Å². The molecule has 0 amide bonds. The van der Waals surface area contributed by atoms with E-state index in [1.807, 2.05) is 6.07 Å². The van der Waals surface area contributed by atoms with Crippen molar-refractivity contribution in [2.45, 2.75) is 25.4 Å². The van der Waals surface area contributed by atoms with Gasteiger partial charge in [0.25, 0.3) is 5.69 Å². The van der Waals surface area contributed by atoms with Gasteiger partial charge in [0, 0.05) is 31.8 Å². The Kier molecular flexibility index (Phi) is 4.87. The molecule has 22 heavy (non-hydrogen) atoms. The van der Waals surface area contributed by atoms with E-state index in [9.17, 15) is 10.1 Å². The number of nitrogens with one attached hydrogen (secondary N) is 1. The summed E-state index contributed by atoms with van der Waals surface area (Å²) in [5, 5.41) is 13.1. The molecule has 0 bridgehead atoms. The van der Waals surface area contributed by atoms with Crippen molar-refractivity contribution in [3.63, 3.8) is 0 Å². The van der Waals surface area contributed by atoms with Crippen molar-refractivity contribution in [3.05, 3.63) is 34.4 Å². The molecule has 0 saturated carbocycles. The lowest BCUT2D eigenvalue weighted by Gasteiger charge is -2.44. The molecule has 0 radical (unpaired) electrons. The van der Waals surface area contributed by atoms with E-state index in [2.05, 4.69) is 15.3 Å². The van der Waals surface area contributed by atoms with Gasteiger partial charge in [-0.3, -0.25) is 15.0 Å². The first kappa shape index (κ1) is 15.2. The molecule has 2 aliphatic heterocycles. The highest BCUT2D eigenvalue weighted by molar-refractivity contribution is 5.50. The topological polar surface area (TPSA) is 70.9 Å². The monoisotopic (exact) mass is 306 g/mol. The second kappa shape index (κ2) is 7.04. The number of nitro benzene ring substituents is 1. The molecule has 1 aromatic carbocycles. The predicted molar refractivity (Wildman–Crippen MR) is 83.5 cm³/mol. The maximum absolute atomic E-state index is 10.9. The maximum atomic E-state index is 10.9. The van der Waals surface area contributed by atoms with Crippen LogP contribution in [-0.4, -0.2) is 53.8 Å². The number of hydrogen-bond acceptors (Lipinski definition) is 6. The molecular weight excluding hydrogens is 284 g/mol. The van der Waals surface area contributed by atoms with Gasteiger partial charge in [-0.2, -0.15) is 0 Å². The minimum absolute atomic E-state index is 0.116. The zero-order valence-corrected chi connectivity index (χ0v) is 12.6. The number of hydrazine groups is 1. The smallest absolute Gasteiger partial charge is 0.271 e. The number of rotatable bonds is 4. The van der Waals surface area contributed by atoms with E-state index in [4.69, 9.17) is 4.74 Å². The van der Waals surface area contributed by atoms with Crippen LogP contribution in [-0.2, 0) is 4.74 Å². The number of piperidine rings is 1. The molecule has 1 aromatic rings. The molecule has 2 fully saturated rings. The Morgan fingerprint density at radius 1 is 1.23 bits per heavy atom. The quantitative estimate of drug-likeness (QED) is 0.678. The molecule has 0 aromatic heterocycles. The van der Waals surface area contributed by atoms with Crippen molar-refractivity contribution in [2.75, 3.05) is 38.3 Å². The molecular formula is C15H22N4O3. The van der Waals surface area contributed by atoms with Gasteiger partial charge in [-0.1, -0.05) is 6.07 Å². The van der Waals surface area contributed by atoms with E-state index in [1.165, 1.54) is 12.5 Å². The lowest BCUT2D eigenvalue weighted by molar-refractivity contribution is -0.384. The molecule has 1 unspecified atom stereocenters. The van der Waals surface area contributed by atoms with Gasteiger partial charge in [0.05, 0.1) is 30.0 Å². The van der Waals surface area contributed by atoms with Gasteiger partial charge in [-0.25, -0.2) is 5.01 Å². The minimum Gasteiger partial charge on any atom is -0.379 e. The lowest BCUT2D eigenvalue weighted by atomic mass is 10.1. The van der Waals surface area contributed by atoms with Gasteiger partial charge < -0.3 is 10.2 Å². The van der Waals surface area contributed by atoms with Gasteiger partial charge in [-0.15, -0.1) is 0 Å². The Balaban J connectivity index is 1.70. The lowest BCUT2D eigenvalue weighted by Crippen LogP contribution is -2.56. The molecule has 1 N–H and O–H groups in total. The van der Waals surface area contributed by atoms with Crippen molar-refractivity contribution in [1.82, 2.24) is 9.91 Å². The van der Waals surface area contributed by atoms with E-state index in [0.717, 1.165) is 51.4 Å². The number of non-ortho nitro benzene ring substituents is 1. The summed E-state index contributed by atoms with van der Waals surface area (Å²) in [5.74, 6) is 0. The highest BCUT2D eigenvalue weighted by atomic mass is 16.6. The number of benzene rings is 1. The Hall–Kier alpha value is -1.70. The van der Waals surface area contributed by atoms with Crippen LogP contribution >= 0.6 is 0 Å². The fourth-order valence-electron chi connectivity index (χ4n) is 3.15. The highest BCUT2D eigenvalue weighted by Crippen LogP contribution is 2.24. The summed E-state index contributed by atoms with van der Waals surface area (Å²) >= 11 is 0. The number of nitro groups is 1. The second-order valence-electron chi connectivity index (χ2n) is 5.74. The van der Waals surface area contributed by atoms with Crippen LogP contribution in [0.15, 0.2) is 24.3 Å². The molecule has 3 rings (SSSR count). The summed E-state index contributed by atoms with van der Waals surface area (Å²) in [6.45, 7) is 4.39. The Morgan fingerprint density at radius 3 is 2.82 bits per heavy atom. The normalized spacial score (nSPS) is 24.1. The van der Waals surface area contributed by atoms with E-state index in [0.29, 0.717) is 6.17 Å². The molecule has 7 heteroatoms. The third-order valence-corrected chi connectivity index (χ3v) is 4.27. The maximum Gasteiger partial charge on any atom is 0.271 e. The number of nitrogens with zero attached hydrogens (tertiary/aromatic N) is 3. The Morgan fingerprint density at radius 2 is 2.05 bits per heavy atom. The molecule has 2 aliphatic rings. The highest BCUT2D eigenvalue weighted by Gasteiger charge is 2.29. The summed E-state index contributed by atoms with van der Waals surface area (Å²) < 4.78 is 5.43. The summed E-state index contributed by atoms with van der Waals surface area (Å²) in [6.07, 6.45) is 3.80. The van der Waals surface area contributed by atoms with Crippen molar-refractivity contribution in [3.8, 4) is 0 Å². The average molecular weight is 306 g/mol. The van der Waals surface area contributed by atoms with Crippen LogP contribution in [0.3, 0.4) is 0 Å². The van der Waals surface area contributed by atoms with Gasteiger partial charge in [0.1, 0.15) is 0 Å². The third kappa shape index (κ3) is 3.55. The zero-order chi connectivity index (χ0) is 15.4. The first-order valence-corrected chi connectivity index (χ1v) is 7.83. The van der Waals surface area contributed by atoms with Crippen LogP contribution in [0.5, 0.6) is 0 Å². The number of anilines is 1. The minimum atomic E-state index is -0.360. The van der Waals surface area contributed by atoms with Crippen LogP contribution in [0.1, 0.15) is 19.3 Å². The Bertz CT molecular complexity index is 519. The van der Waals surface area contributed by atoms with Gasteiger partial charge >= 0.3 is 0 Å². The molecule has 0 spiro atoms. The zero-order valence-electron chi connectivity index (χ0n) is 12.6. The number of morpholine rings is 1. The van der Waals surface area contributed by atoms with E-state index >= 15 is 0 Å². The number of ether oxygens (including phenoxy) is 1. The van der Waals surface area contributed by atoms with Crippen LogP contribution in [0.2, 0.25) is 0 Å². The standard InChI is InChI=1S/C15H22N4O3/c20-19(21)14-5-3-4-13(12-14)16-18-7-2-1-6-15(18)17-8-10-22-11-9-17/h3-5,12,15-16H,1-2,6-11H2. The van der Waals surface area contributed by atoms with Gasteiger partial charge in [0.2, 0.25) is 0 Å². The fourth-order valence-corrected chi connectivity index (χ4v) is 3.15. The molecule has 7 nitrogen and oxygen atoms in total. The van der Waals surface area contributed by atoms with Gasteiger partial charge in [-0.05, 0) is 25.3 Å². The van der Waals surface area contributed by atoms with E-state index in [1.54, 1.807) is 12.1 Å². The van der Waals surface area contributed by atoms with Crippen molar-refractivity contribution < 1.29 is 9.66 Å². The summed E-state index contributed by atoms with van der Waals surface area (Å²) in [7, 11) is 0. The fraction of sp³-hybridized carbons (Fsp3) is 0.600. The molecule has 120 valence electrons. The molecule has 2 saturated heterocycles.